The summed E-state index contributed by atoms with van der Waals surface area (Å²) in [6.45, 7) is 5.02. The van der Waals surface area contributed by atoms with E-state index < -0.39 is 0 Å². The molecule has 0 spiro atoms. The number of hydrogen-bond donors (Lipinski definition) is 2. The SMILES string of the molecule is CNc1cccc(C(=O)NC(CN(C)C)C(C)C)n1. The second-order valence-electron chi connectivity index (χ2n) is 5.24. The van der Waals surface area contributed by atoms with Crippen molar-refractivity contribution in [2.45, 2.75) is 19.9 Å². The highest BCUT2D eigenvalue weighted by Gasteiger charge is 2.18. The van der Waals surface area contributed by atoms with E-state index in [1.165, 1.54) is 0 Å². The molecule has 2 N–H and O–H groups in total. The molecule has 0 bridgehead atoms. The molecular weight excluding hydrogens is 240 g/mol. The number of anilines is 1. The Kier molecular flexibility index (Phi) is 5.76. The molecule has 1 heterocycles. The van der Waals surface area contributed by atoms with Crippen molar-refractivity contribution >= 4 is 11.7 Å². The molecule has 0 saturated carbocycles. The van der Waals surface area contributed by atoms with Crippen LogP contribution in [0.3, 0.4) is 0 Å². The molecule has 1 aromatic heterocycles. The topological polar surface area (TPSA) is 57.3 Å². The van der Waals surface area contributed by atoms with Gasteiger partial charge in [0, 0.05) is 19.6 Å². The molecule has 5 nitrogen and oxygen atoms in total. The predicted molar refractivity (Wildman–Crippen MR) is 78.4 cm³/mol. The van der Waals surface area contributed by atoms with Crippen molar-refractivity contribution in [1.29, 1.82) is 0 Å². The molecule has 0 aliphatic rings. The minimum absolute atomic E-state index is 0.113. The van der Waals surface area contributed by atoms with E-state index >= 15 is 0 Å². The summed E-state index contributed by atoms with van der Waals surface area (Å²) in [6, 6.07) is 5.49. The number of pyridine rings is 1. The first-order valence-electron chi connectivity index (χ1n) is 6.54. The van der Waals surface area contributed by atoms with Gasteiger partial charge in [-0.25, -0.2) is 4.98 Å². The minimum atomic E-state index is -0.127. The van der Waals surface area contributed by atoms with E-state index in [-0.39, 0.29) is 11.9 Å². The predicted octanol–water partition coefficient (Wildman–Crippen LogP) is 1.44. The molecular formula is C14H24N4O. The number of carbonyl (C=O) groups excluding carboxylic acids is 1. The third kappa shape index (κ3) is 4.87. The average molecular weight is 264 g/mol. The second kappa shape index (κ2) is 7.09. The number of carbonyl (C=O) groups is 1. The van der Waals surface area contributed by atoms with Crippen molar-refractivity contribution in [3.8, 4) is 0 Å². The minimum Gasteiger partial charge on any atom is -0.373 e. The van der Waals surface area contributed by atoms with Crippen molar-refractivity contribution < 1.29 is 4.79 Å². The first-order chi connectivity index (χ1) is 8.93. The molecule has 0 aliphatic carbocycles. The van der Waals surface area contributed by atoms with Gasteiger partial charge in [-0.1, -0.05) is 19.9 Å². The first-order valence-corrected chi connectivity index (χ1v) is 6.54. The maximum atomic E-state index is 12.2. The number of nitrogens with one attached hydrogen (secondary N) is 2. The number of amides is 1. The van der Waals surface area contributed by atoms with E-state index in [9.17, 15) is 4.79 Å². The van der Waals surface area contributed by atoms with Crippen molar-refractivity contribution in [3.05, 3.63) is 23.9 Å². The molecule has 0 aromatic carbocycles. The van der Waals surface area contributed by atoms with Crippen LogP contribution in [0.5, 0.6) is 0 Å². The number of rotatable bonds is 6. The van der Waals surface area contributed by atoms with E-state index in [0.717, 1.165) is 6.54 Å². The van der Waals surface area contributed by atoms with Gasteiger partial charge in [0.25, 0.3) is 5.91 Å². The fourth-order valence-electron chi connectivity index (χ4n) is 1.76. The van der Waals surface area contributed by atoms with Crippen molar-refractivity contribution in [1.82, 2.24) is 15.2 Å². The number of likely N-dealkylation sites (N-methyl/N-ethyl adjacent to an activating group) is 1. The normalized spacial score (nSPS) is 12.6. The third-order valence-corrected chi connectivity index (χ3v) is 2.92. The number of nitrogens with zero attached hydrogens (tertiary/aromatic N) is 2. The molecule has 1 rings (SSSR count). The third-order valence-electron chi connectivity index (χ3n) is 2.92. The zero-order chi connectivity index (χ0) is 14.4. The zero-order valence-corrected chi connectivity index (χ0v) is 12.4. The lowest BCUT2D eigenvalue weighted by Crippen LogP contribution is -2.45. The molecule has 0 radical (unpaired) electrons. The van der Waals surface area contributed by atoms with E-state index in [4.69, 9.17) is 0 Å². The zero-order valence-electron chi connectivity index (χ0n) is 12.4. The highest BCUT2D eigenvalue weighted by molar-refractivity contribution is 5.92. The van der Waals surface area contributed by atoms with Gasteiger partial charge in [0.05, 0.1) is 0 Å². The monoisotopic (exact) mass is 264 g/mol. The largest absolute Gasteiger partial charge is 0.373 e. The van der Waals surface area contributed by atoms with E-state index in [0.29, 0.717) is 17.4 Å². The molecule has 1 aromatic rings. The van der Waals surface area contributed by atoms with Gasteiger partial charge >= 0.3 is 0 Å². The highest BCUT2D eigenvalue weighted by Crippen LogP contribution is 2.07. The Morgan fingerprint density at radius 2 is 2.05 bits per heavy atom. The Balaban J connectivity index is 2.75. The summed E-state index contributed by atoms with van der Waals surface area (Å²) in [6.07, 6.45) is 0. The summed E-state index contributed by atoms with van der Waals surface area (Å²) in [5, 5.41) is 5.98. The summed E-state index contributed by atoms with van der Waals surface area (Å²) in [4.78, 5) is 18.5. The van der Waals surface area contributed by atoms with Crippen LogP contribution in [0.1, 0.15) is 24.3 Å². The van der Waals surface area contributed by atoms with Gasteiger partial charge in [0.15, 0.2) is 0 Å². The Labute approximate surface area is 115 Å². The Morgan fingerprint density at radius 3 is 2.58 bits per heavy atom. The van der Waals surface area contributed by atoms with Crippen LogP contribution in [0.15, 0.2) is 18.2 Å². The first kappa shape index (κ1) is 15.4. The molecule has 0 fully saturated rings. The van der Waals surface area contributed by atoms with Crippen molar-refractivity contribution in [3.63, 3.8) is 0 Å². The molecule has 1 atom stereocenters. The van der Waals surface area contributed by atoms with E-state index in [2.05, 4.69) is 34.4 Å². The lowest BCUT2D eigenvalue weighted by Gasteiger charge is -2.25. The van der Waals surface area contributed by atoms with Gasteiger partial charge in [-0.3, -0.25) is 4.79 Å². The van der Waals surface area contributed by atoms with Crippen LogP contribution in [0.4, 0.5) is 5.82 Å². The Morgan fingerprint density at radius 1 is 1.37 bits per heavy atom. The standard InChI is InChI=1S/C14H24N4O/c1-10(2)12(9-18(4)5)17-14(19)11-7-6-8-13(15-3)16-11/h6-8,10,12H,9H2,1-5H3,(H,15,16)(H,17,19). The van der Waals surface area contributed by atoms with Crippen LogP contribution in [0.2, 0.25) is 0 Å². The molecule has 5 heteroatoms. The molecule has 0 aliphatic heterocycles. The van der Waals surface area contributed by atoms with Crippen LogP contribution < -0.4 is 10.6 Å². The molecule has 19 heavy (non-hydrogen) atoms. The van der Waals surface area contributed by atoms with Gasteiger partial charge in [0.2, 0.25) is 0 Å². The van der Waals surface area contributed by atoms with E-state index in [1.807, 2.05) is 26.2 Å². The van der Waals surface area contributed by atoms with E-state index in [1.54, 1.807) is 13.1 Å². The summed E-state index contributed by atoms with van der Waals surface area (Å²) in [7, 11) is 5.79. The fraction of sp³-hybridized carbons (Fsp3) is 0.571. The summed E-state index contributed by atoms with van der Waals surface area (Å²) in [5.74, 6) is 0.942. The smallest absolute Gasteiger partial charge is 0.270 e. The van der Waals surface area contributed by atoms with Crippen LogP contribution in [0.25, 0.3) is 0 Å². The average Bonchev–Trinajstić information content (AvgIpc) is 2.37. The Hall–Kier alpha value is -1.62. The lowest BCUT2D eigenvalue weighted by molar-refractivity contribution is 0.0911. The summed E-state index contributed by atoms with van der Waals surface area (Å²) < 4.78 is 0. The maximum Gasteiger partial charge on any atom is 0.270 e. The lowest BCUT2D eigenvalue weighted by atomic mass is 10.0. The molecule has 1 amide bonds. The maximum absolute atomic E-state index is 12.2. The molecule has 106 valence electrons. The van der Waals surface area contributed by atoms with Crippen LogP contribution in [0, 0.1) is 5.92 Å². The number of hydrogen-bond acceptors (Lipinski definition) is 4. The van der Waals surface area contributed by atoms with Gasteiger partial charge in [-0.2, -0.15) is 0 Å². The van der Waals surface area contributed by atoms with Crippen LogP contribution in [-0.4, -0.2) is 49.5 Å². The van der Waals surface area contributed by atoms with Gasteiger partial charge in [0.1, 0.15) is 11.5 Å². The number of aromatic nitrogens is 1. The Bertz CT molecular complexity index is 418. The van der Waals surface area contributed by atoms with Gasteiger partial charge in [-0.15, -0.1) is 0 Å². The fourth-order valence-corrected chi connectivity index (χ4v) is 1.76. The van der Waals surface area contributed by atoms with Crippen molar-refractivity contribution in [2.75, 3.05) is 33.0 Å². The summed E-state index contributed by atoms with van der Waals surface area (Å²) >= 11 is 0. The van der Waals surface area contributed by atoms with Gasteiger partial charge < -0.3 is 15.5 Å². The highest BCUT2D eigenvalue weighted by atomic mass is 16.1. The molecule has 1 unspecified atom stereocenters. The second-order valence-corrected chi connectivity index (χ2v) is 5.24. The quantitative estimate of drug-likeness (QED) is 0.816. The summed E-state index contributed by atoms with van der Waals surface area (Å²) in [5.41, 5.74) is 0.441. The van der Waals surface area contributed by atoms with Crippen LogP contribution >= 0.6 is 0 Å². The van der Waals surface area contributed by atoms with Crippen LogP contribution in [-0.2, 0) is 0 Å². The van der Waals surface area contributed by atoms with Crippen molar-refractivity contribution in [2.24, 2.45) is 5.92 Å². The van der Waals surface area contributed by atoms with Gasteiger partial charge in [-0.05, 0) is 32.1 Å². The molecule has 0 saturated heterocycles.